The highest BCUT2D eigenvalue weighted by Crippen LogP contribution is 2.35. The fraction of sp³-hybridized carbons (Fsp3) is 0.588. The van der Waals surface area contributed by atoms with E-state index in [1.54, 1.807) is 30.3 Å². The standard InChI is InChI=1S/C34H41NO18/c1-16(36)43-14-25-27(45-17(2)37)29(47-19(4)39)31(49-21(6)41)33(52-25)44-15-26-28(46-18(3)38)30(48-20(5)40)32(50-22(7)42)34(53-26)51-24(13-35)23-11-9-8-10-12-23/h8-12,24-34H,14-15H2,1-7H3/t24-,25-,26-,27-,28+,29+,30+,31-,32-,33-,34-/m0/s1. The SMILES string of the molecule is CC(=O)OC[C@@H]1O[C@H](OC[C@@H]2O[C@H](O[C@@H](C#N)c3ccccc3)[C@@H](OC(C)=O)[C@H](OC(C)=O)[C@@H]2OC(C)=O)[C@@H](OC(C)=O)[C@H](OC(C)=O)[C@H]1OC(C)=O. The molecule has 53 heavy (non-hydrogen) atoms. The van der Waals surface area contributed by atoms with Crippen LogP contribution in [0, 0.1) is 11.3 Å². The molecular weight excluding hydrogens is 710 g/mol. The Bertz CT molecular complexity index is 1530. The molecule has 290 valence electrons. The second-order valence-electron chi connectivity index (χ2n) is 11.7. The maximum absolute atomic E-state index is 12.4. The van der Waals surface area contributed by atoms with E-state index in [-0.39, 0.29) is 0 Å². The van der Waals surface area contributed by atoms with E-state index >= 15 is 0 Å². The summed E-state index contributed by atoms with van der Waals surface area (Å²) < 4.78 is 61.9. The van der Waals surface area contributed by atoms with E-state index in [4.69, 9.17) is 52.1 Å². The van der Waals surface area contributed by atoms with Crippen molar-refractivity contribution in [2.75, 3.05) is 13.2 Å². The lowest BCUT2D eigenvalue weighted by molar-refractivity contribution is -0.337. The van der Waals surface area contributed by atoms with E-state index < -0.39 is 123 Å². The van der Waals surface area contributed by atoms with E-state index in [1.165, 1.54) is 0 Å². The van der Waals surface area contributed by atoms with Crippen LogP contribution in [0.2, 0.25) is 0 Å². The van der Waals surface area contributed by atoms with Gasteiger partial charge in [0.2, 0.25) is 6.29 Å². The Hall–Kier alpha value is -5.16. The fourth-order valence-electron chi connectivity index (χ4n) is 5.56. The van der Waals surface area contributed by atoms with Crippen LogP contribution in [0.3, 0.4) is 0 Å². The van der Waals surface area contributed by atoms with Gasteiger partial charge < -0.3 is 52.1 Å². The first-order valence-corrected chi connectivity index (χ1v) is 16.2. The van der Waals surface area contributed by atoms with Gasteiger partial charge in [-0.25, -0.2) is 0 Å². The molecule has 0 radical (unpaired) electrons. The maximum Gasteiger partial charge on any atom is 0.303 e. The zero-order valence-electron chi connectivity index (χ0n) is 29.9. The summed E-state index contributed by atoms with van der Waals surface area (Å²) in [6, 6.07) is 10.2. The van der Waals surface area contributed by atoms with Crippen molar-refractivity contribution in [3.05, 3.63) is 35.9 Å². The van der Waals surface area contributed by atoms with Crippen molar-refractivity contribution in [2.45, 2.75) is 116 Å². The number of hydrogen-bond donors (Lipinski definition) is 0. The number of nitrogens with zero attached hydrogens (tertiary/aromatic N) is 1. The first kappa shape index (κ1) is 42.3. The van der Waals surface area contributed by atoms with Crippen LogP contribution in [-0.4, -0.2) is 116 Å². The predicted octanol–water partition coefficient (Wildman–Crippen LogP) is 0.888. The summed E-state index contributed by atoms with van der Waals surface area (Å²) >= 11 is 0. The highest BCUT2D eigenvalue weighted by atomic mass is 16.8. The van der Waals surface area contributed by atoms with Crippen LogP contribution in [0.25, 0.3) is 0 Å². The topological polar surface area (TPSA) is 245 Å². The number of esters is 7. The molecule has 2 fully saturated rings. The third-order valence-electron chi connectivity index (χ3n) is 7.36. The van der Waals surface area contributed by atoms with Crippen LogP contribution >= 0.6 is 0 Å². The molecule has 0 aliphatic carbocycles. The molecule has 0 saturated carbocycles. The summed E-state index contributed by atoms with van der Waals surface area (Å²) in [5.41, 5.74) is 0.386. The van der Waals surface area contributed by atoms with Gasteiger partial charge in [0, 0.05) is 48.5 Å². The van der Waals surface area contributed by atoms with Crippen molar-refractivity contribution in [1.29, 1.82) is 5.26 Å². The summed E-state index contributed by atoms with van der Waals surface area (Å²) in [5, 5.41) is 9.99. The summed E-state index contributed by atoms with van der Waals surface area (Å²) in [6.07, 6.45) is -16.9. The number of rotatable bonds is 14. The zero-order chi connectivity index (χ0) is 39.4. The van der Waals surface area contributed by atoms with E-state index in [0.29, 0.717) is 5.56 Å². The third kappa shape index (κ3) is 12.5. The van der Waals surface area contributed by atoms with Crippen LogP contribution in [0.15, 0.2) is 30.3 Å². The number of nitriles is 1. The first-order valence-electron chi connectivity index (χ1n) is 16.2. The number of ether oxygens (including phenoxy) is 11. The molecule has 19 nitrogen and oxygen atoms in total. The van der Waals surface area contributed by atoms with Crippen LogP contribution in [0.5, 0.6) is 0 Å². The highest BCUT2D eigenvalue weighted by molar-refractivity contribution is 5.69. The van der Waals surface area contributed by atoms with Gasteiger partial charge in [0.1, 0.15) is 18.8 Å². The predicted molar refractivity (Wildman–Crippen MR) is 169 cm³/mol. The van der Waals surface area contributed by atoms with E-state index in [0.717, 1.165) is 48.5 Å². The van der Waals surface area contributed by atoms with Gasteiger partial charge in [0.15, 0.2) is 49.0 Å². The molecule has 0 aromatic heterocycles. The number of hydrogen-bond acceptors (Lipinski definition) is 19. The monoisotopic (exact) mass is 751 g/mol. The Balaban J connectivity index is 2.08. The van der Waals surface area contributed by atoms with E-state index in [2.05, 4.69) is 0 Å². The third-order valence-corrected chi connectivity index (χ3v) is 7.36. The number of benzene rings is 1. The number of carbonyl (C=O) groups is 7. The lowest BCUT2D eigenvalue weighted by Gasteiger charge is -2.46. The Labute approximate surface area is 303 Å². The first-order chi connectivity index (χ1) is 25.0. The molecule has 1 aromatic carbocycles. The molecule has 2 aliphatic rings. The van der Waals surface area contributed by atoms with Crippen molar-refractivity contribution in [2.24, 2.45) is 0 Å². The summed E-state index contributed by atoms with van der Waals surface area (Å²) in [4.78, 5) is 85.3. The Morgan fingerprint density at radius 2 is 0.962 bits per heavy atom. The van der Waals surface area contributed by atoms with Gasteiger partial charge in [-0.2, -0.15) is 5.26 Å². The van der Waals surface area contributed by atoms with Crippen LogP contribution < -0.4 is 0 Å². The maximum atomic E-state index is 12.4. The van der Waals surface area contributed by atoms with Crippen molar-refractivity contribution in [3.63, 3.8) is 0 Å². The molecule has 19 heteroatoms. The molecule has 0 spiro atoms. The van der Waals surface area contributed by atoms with Crippen molar-refractivity contribution < 1.29 is 85.7 Å². The zero-order valence-corrected chi connectivity index (χ0v) is 29.9. The van der Waals surface area contributed by atoms with Crippen molar-refractivity contribution in [1.82, 2.24) is 0 Å². The van der Waals surface area contributed by atoms with Crippen LogP contribution in [0.4, 0.5) is 0 Å². The smallest absolute Gasteiger partial charge is 0.303 e. The van der Waals surface area contributed by atoms with E-state index in [9.17, 15) is 38.8 Å². The Morgan fingerprint density at radius 1 is 0.566 bits per heavy atom. The summed E-state index contributed by atoms with van der Waals surface area (Å²) in [7, 11) is 0. The number of carbonyl (C=O) groups excluding carboxylic acids is 7. The molecule has 0 bridgehead atoms. The van der Waals surface area contributed by atoms with Gasteiger partial charge in [-0.05, 0) is 5.56 Å². The average Bonchev–Trinajstić information content (AvgIpc) is 3.05. The second kappa shape index (κ2) is 19.6. The lowest BCUT2D eigenvalue weighted by atomic mass is 9.97. The molecular formula is C34H41NO18. The van der Waals surface area contributed by atoms with E-state index in [1.807, 2.05) is 6.07 Å². The summed E-state index contributed by atoms with van der Waals surface area (Å²) in [5.74, 6) is -6.00. The molecule has 2 heterocycles. The van der Waals surface area contributed by atoms with Gasteiger partial charge >= 0.3 is 41.8 Å². The largest absolute Gasteiger partial charge is 0.463 e. The normalized spacial score (nSPS) is 28.5. The minimum Gasteiger partial charge on any atom is -0.463 e. The van der Waals surface area contributed by atoms with Crippen molar-refractivity contribution >= 4 is 41.8 Å². The van der Waals surface area contributed by atoms with Crippen molar-refractivity contribution in [3.8, 4) is 6.07 Å². The van der Waals surface area contributed by atoms with Gasteiger partial charge in [-0.1, -0.05) is 30.3 Å². The molecule has 2 saturated heterocycles. The average molecular weight is 752 g/mol. The molecule has 1 aromatic rings. The highest BCUT2D eigenvalue weighted by Gasteiger charge is 2.56. The quantitative estimate of drug-likeness (QED) is 0.189. The Morgan fingerprint density at radius 3 is 1.40 bits per heavy atom. The van der Waals surface area contributed by atoms with Gasteiger partial charge in [-0.15, -0.1) is 0 Å². The minimum atomic E-state index is -1.69. The molecule has 0 unspecified atom stereocenters. The minimum absolute atomic E-state index is 0.386. The molecule has 2 aliphatic heterocycles. The molecule has 0 amide bonds. The van der Waals surface area contributed by atoms with Gasteiger partial charge in [0.25, 0.3) is 0 Å². The van der Waals surface area contributed by atoms with Gasteiger partial charge in [-0.3, -0.25) is 33.6 Å². The molecule has 3 rings (SSSR count). The Kier molecular flexibility index (Phi) is 15.6. The molecule has 0 N–H and O–H groups in total. The van der Waals surface area contributed by atoms with Crippen LogP contribution in [-0.2, 0) is 85.7 Å². The lowest BCUT2D eigenvalue weighted by Crippen LogP contribution is -2.65. The second-order valence-corrected chi connectivity index (χ2v) is 11.7. The van der Waals surface area contributed by atoms with Gasteiger partial charge in [0.05, 0.1) is 12.7 Å². The summed E-state index contributed by atoms with van der Waals surface area (Å²) in [6.45, 7) is 6.18. The van der Waals surface area contributed by atoms with Crippen LogP contribution in [0.1, 0.15) is 60.1 Å². The fourth-order valence-corrected chi connectivity index (χ4v) is 5.56. The molecule has 11 atom stereocenters.